The molecule has 6 rings (SSSR count). The largest absolute Gasteiger partial charge is 0.358 e. The van der Waals surface area contributed by atoms with E-state index in [9.17, 15) is 4.79 Å². The van der Waals surface area contributed by atoms with Crippen LogP contribution in [0.15, 0.2) is 151 Å². The normalized spacial score (nSPS) is 16.9. The number of ketones is 1. The van der Waals surface area contributed by atoms with E-state index >= 15 is 0 Å². The third-order valence-corrected chi connectivity index (χ3v) is 7.96. The van der Waals surface area contributed by atoms with Crippen molar-refractivity contribution in [1.29, 1.82) is 0 Å². The summed E-state index contributed by atoms with van der Waals surface area (Å²) in [5, 5.41) is 4.99. The highest BCUT2D eigenvalue weighted by atomic mass is 35.5. The summed E-state index contributed by atoms with van der Waals surface area (Å²) in [7, 11) is 0. The van der Waals surface area contributed by atoms with Gasteiger partial charge in [-0.2, -0.15) is 0 Å². The lowest BCUT2D eigenvalue weighted by molar-refractivity contribution is 0.102. The maximum Gasteiger partial charge on any atom is 0.193 e. The molecule has 5 aromatic rings. The van der Waals surface area contributed by atoms with Gasteiger partial charge in [-0.15, -0.1) is 0 Å². The van der Waals surface area contributed by atoms with E-state index < -0.39 is 6.04 Å². The number of para-hydroxylation sites is 2. The molecule has 202 valence electrons. The van der Waals surface area contributed by atoms with Gasteiger partial charge in [0.05, 0.1) is 12.1 Å². The summed E-state index contributed by atoms with van der Waals surface area (Å²) in [4.78, 5) is 16.9. The molecule has 5 aromatic carbocycles. The van der Waals surface area contributed by atoms with E-state index in [1.165, 1.54) is 0 Å². The van der Waals surface area contributed by atoms with E-state index in [0.717, 1.165) is 28.2 Å². The number of halogens is 2. The summed E-state index contributed by atoms with van der Waals surface area (Å²) in [6.07, 6.45) is 0.587. The van der Waals surface area contributed by atoms with Crippen molar-refractivity contribution in [3.8, 4) is 0 Å². The fraction of sp³-hybridized carbons (Fsp3) is 0.0833. The molecule has 0 aromatic heterocycles. The third-order valence-electron chi connectivity index (χ3n) is 7.45. The van der Waals surface area contributed by atoms with Crippen LogP contribution in [0.25, 0.3) is 0 Å². The Kier molecular flexibility index (Phi) is 7.91. The van der Waals surface area contributed by atoms with Gasteiger partial charge in [0.1, 0.15) is 0 Å². The number of hydrogen-bond acceptors (Lipinski definition) is 3. The average molecular weight is 576 g/mol. The first-order valence-corrected chi connectivity index (χ1v) is 14.3. The molecular weight excluding hydrogens is 547 g/mol. The van der Waals surface area contributed by atoms with E-state index in [1.807, 2.05) is 115 Å². The molecule has 2 atom stereocenters. The van der Waals surface area contributed by atoms with Gasteiger partial charge in [0, 0.05) is 44.7 Å². The minimum absolute atomic E-state index is 0.0144. The van der Waals surface area contributed by atoms with Gasteiger partial charge < -0.3 is 10.2 Å². The molecule has 5 heteroatoms. The Hall–Kier alpha value is -4.31. The first kappa shape index (κ1) is 26.9. The molecule has 2 unspecified atom stereocenters. The second-order valence-electron chi connectivity index (χ2n) is 10.0. The van der Waals surface area contributed by atoms with Crippen LogP contribution in [0.2, 0.25) is 10.0 Å². The van der Waals surface area contributed by atoms with Gasteiger partial charge in [-0.05, 0) is 59.7 Å². The van der Waals surface area contributed by atoms with Crippen molar-refractivity contribution in [2.24, 2.45) is 0 Å². The average Bonchev–Trinajstić information content (AvgIpc) is 3.02. The van der Waals surface area contributed by atoms with Crippen LogP contribution < -0.4 is 10.2 Å². The molecule has 0 saturated carbocycles. The zero-order valence-electron chi connectivity index (χ0n) is 22.3. The monoisotopic (exact) mass is 574 g/mol. The molecule has 1 N–H and O–H groups in total. The van der Waals surface area contributed by atoms with Crippen LogP contribution in [0.1, 0.15) is 40.0 Å². The molecule has 1 aliphatic heterocycles. The fourth-order valence-corrected chi connectivity index (χ4v) is 5.82. The van der Waals surface area contributed by atoms with Gasteiger partial charge in [0.25, 0.3) is 0 Å². The summed E-state index contributed by atoms with van der Waals surface area (Å²) >= 11 is 12.7. The van der Waals surface area contributed by atoms with Crippen molar-refractivity contribution in [1.82, 2.24) is 0 Å². The SMILES string of the molecule is O=C(C1=C(Nc2ccccc2)CC(c2ccc(Cl)cc2)N(c2ccccc2)C1c1ccc(Cl)cc1)c1ccccc1. The van der Waals surface area contributed by atoms with Crippen molar-refractivity contribution in [2.45, 2.75) is 18.5 Å². The first-order valence-electron chi connectivity index (χ1n) is 13.6. The number of anilines is 2. The van der Waals surface area contributed by atoms with Gasteiger partial charge in [-0.3, -0.25) is 4.79 Å². The number of carbonyl (C=O) groups excluding carboxylic acids is 1. The molecule has 0 radical (unpaired) electrons. The number of hydrogen-bond donors (Lipinski definition) is 1. The minimum atomic E-state index is -0.400. The van der Waals surface area contributed by atoms with Crippen LogP contribution in [0.5, 0.6) is 0 Å². The highest BCUT2D eigenvalue weighted by molar-refractivity contribution is 6.30. The van der Waals surface area contributed by atoms with Crippen LogP contribution in [0, 0.1) is 0 Å². The maximum absolute atomic E-state index is 14.5. The van der Waals surface area contributed by atoms with E-state index in [-0.39, 0.29) is 11.8 Å². The van der Waals surface area contributed by atoms with Crippen molar-refractivity contribution < 1.29 is 4.79 Å². The Morgan fingerprint density at radius 3 is 1.73 bits per heavy atom. The number of rotatable bonds is 7. The molecule has 41 heavy (non-hydrogen) atoms. The van der Waals surface area contributed by atoms with Gasteiger partial charge in [-0.25, -0.2) is 0 Å². The van der Waals surface area contributed by atoms with E-state index in [0.29, 0.717) is 27.6 Å². The summed E-state index contributed by atoms with van der Waals surface area (Å²) in [6, 6.07) is 45.1. The smallest absolute Gasteiger partial charge is 0.193 e. The summed E-state index contributed by atoms with van der Waals surface area (Å²) in [5.41, 5.74) is 6.27. The highest BCUT2D eigenvalue weighted by Crippen LogP contribution is 2.48. The Bertz CT molecular complexity index is 1650. The number of carbonyl (C=O) groups is 1. The Morgan fingerprint density at radius 2 is 1.15 bits per heavy atom. The van der Waals surface area contributed by atoms with E-state index in [2.05, 4.69) is 34.5 Å². The zero-order valence-corrected chi connectivity index (χ0v) is 23.8. The quantitative estimate of drug-likeness (QED) is 0.196. The second-order valence-corrected chi connectivity index (χ2v) is 10.9. The van der Waals surface area contributed by atoms with Gasteiger partial charge in [0.15, 0.2) is 5.78 Å². The molecule has 1 heterocycles. The Balaban J connectivity index is 1.63. The molecule has 0 aliphatic carbocycles. The molecule has 0 amide bonds. The molecule has 0 saturated heterocycles. The van der Waals surface area contributed by atoms with Gasteiger partial charge >= 0.3 is 0 Å². The lowest BCUT2D eigenvalue weighted by Crippen LogP contribution is -2.41. The minimum Gasteiger partial charge on any atom is -0.358 e. The van der Waals surface area contributed by atoms with E-state index in [4.69, 9.17) is 23.2 Å². The number of benzene rings is 5. The predicted molar refractivity (Wildman–Crippen MR) is 170 cm³/mol. The Morgan fingerprint density at radius 1 is 0.634 bits per heavy atom. The summed E-state index contributed by atoms with van der Waals surface area (Å²) in [6.45, 7) is 0. The van der Waals surface area contributed by atoms with Crippen LogP contribution in [0.4, 0.5) is 11.4 Å². The Labute approximate surface area is 250 Å². The number of nitrogens with one attached hydrogen (secondary N) is 1. The summed E-state index contributed by atoms with van der Waals surface area (Å²) < 4.78 is 0. The first-order chi connectivity index (χ1) is 20.1. The molecule has 1 aliphatic rings. The molecular formula is C36H28Cl2N2O. The predicted octanol–water partition coefficient (Wildman–Crippen LogP) is 9.94. The number of nitrogens with zero attached hydrogens (tertiary/aromatic N) is 1. The maximum atomic E-state index is 14.5. The molecule has 3 nitrogen and oxygen atoms in total. The van der Waals surface area contributed by atoms with Crippen LogP contribution >= 0.6 is 23.2 Å². The van der Waals surface area contributed by atoms with Gasteiger partial charge in [0.2, 0.25) is 0 Å². The third kappa shape index (κ3) is 5.78. The molecule has 0 spiro atoms. The van der Waals surface area contributed by atoms with E-state index in [1.54, 1.807) is 0 Å². The lowest BCUT2D eigenvalue weighted by Gasteiger charge is -2.46. The lowest BCUT2D eigenvalue weighted by atomic mass is 9.81. The van der Waals surface area contributed by atoms with Crippen LogP contribution in [0.3, 0.4) is 0 Å². The van der Waals surface area contributed by atoms with Crippen LogP contribution in [-0.2, 0) is 0 Å². The highest BCUT2D eigenvalue weighted by Gasteiger charge is 2.41. The van der Waals surface area contributed by atoms with Crippen molar-refractivity contribution >= 4 is 40.4 Å². The topological polar surface area (TPSA) is 32.3 Å². The number of Topliss-reactive ketones (excluding diaryl/α,β-unsaturated/α-hetero) is 1. The fourth-order valence-electron chi connectivity index (χ4n) is 5.57. The second kappa shape index (κ2) is 12.1. The molecule has 0 fully saturated rings. The van der Waals surface area contributed by atoms with Crippen molar-refractivity contribution in [3.63, 3.8) is 0 Å². The van der Waals surface area contributed by atoms with Gasteiger partial charge in [-0.1, -0.05) is 114 Å². The van der Waals surface area contributed by atoms with Crippen molar-refractivity contribution in [3.05, 3.63) is 178 Å². The molecule has 0 bridgehead atoms. The summed E-state index contributed by atoms with van der Waals surface area (Å²) in [5.74, 6) is -0.0144. The van der Waals surface area contributed by atoms with Crippen LogP contribution in [-0.4, -0.2) is 5.78 Å². The van der Waals surface area contributed by atoms with Crippen molar-refractivity contribution in [2.75, 3.05) is 10.2 Å². The zero-order chi connectivity index (χ0) is 28.2. The standard InChI is InChI=1S/C36H28Cl2N2O/c37-28-20-16-25(17-21-28)33-24-32(39-30-12-6-2-7-13-30)34(36(41)27-10-4-1-5-11-27)35(26-18-22-29(38)23-19-26)40(33)31-14-8-3-9-15-31/h1-23,33,35,39H,24H2.